The number of oxime groups is 1. The van der Waals surface area contributed by atoms with Gasteiger partial charge in [0.1, 0.15) is 34.9 Å². The monoisotopic (exact) mass is 415 g/mol. The standard InChI is InChI=1S/C14H25NO9S2/c1-2-3-4-5-6-7-10(15-24-26(20,21)22)25-14-13(19)12(18)11(17)9(8-16)23-14/h2,9,11-14,16-19H,1,3-8H2,(H,20,21,22). The van der Waals surface area contributed by atoms with Crippen LogP contribution in [0.5, 0.6) is 0 Å². The van der Waals surface area contributed by atoms with Crippen LogP contribution < -0.4 is 0 Å². The minimum atomic E-state index is -4.79. The van der Waals surface area contributed by atoms with Crippen LogP contribution in [-0.4, -0.2) is 74.9 Å². The first-order valence-corrected chi connectivity index (χ1v) is 10.2. The molecule has 1 aliphatic rings. The molecule has 0 aromatic rings. The average molecular weight is 415 g/mol. The van der Waals surface area contributed by atoms with Crippen LogP contribution in [-0.2, 0) is 19.4 Å². The van der Waals surface area contributed by atoms with Crippen LogP contribution >= 0.6 is 11.8 Å². The third-order valence-electron chi connectivity index (χ3n) is 3.63. The molecule has 10 nitrogen and oxygen atoms in total. The summed E-state index contributed by atoms with van der Waals surface area (Å²) in [6.07, 6.45) is -0.496. The van der Waals surface area contributed by atoms with Gasteiger partial charge in [-0.25, -0.2) is 4.28 Å². The molecule has 5 N–H and O–H groups in total. The fraction of sp³-hybridized carbons (Fsp3) is 0.786. The van der Waals surface area contributed by atoms with Gasteiger partial charge in [0.2, 0.25) is 0 Å². The fourth-order valence-electron chi connectivity index (χ4n) is 2.26. The Labute approximate surface area is 156 Å². The molecular weight excluding hydrogens is 390 g/mol. The van der Waals surface area contributed by atoms with E-state index in [0.717, 1.165) is 31.0 Å². The van der Waals surface area contributed by atoms with Crippen molar-refractivity contribution < 1.29 is 42.4 Å². The molecule has 5 unspecified atom stereocenters. The maximum atomic E-state index is 10.7. The molecule has 0 aromatic carbocycles. The summed E-state index contributed by atoms with van der Waals surface area (Å²) in [6.45, 7) is 3.03. The van der Waals surface area contributed by atoms with Gasteiger partial charge in [-0.1, -0.05) is 29.4 Å². The van der Waals surface area contributed by atoms with Crippen LogP contribution in [0.3, 0.4) is 0 Å². The van der Waals surface area contributed by atoms with E-state index in [1.807, 2.05) is 0 Å². The Morgan fingerprint density at radius 1 is 1.19 bits per heavy atom. The number of unbranched alkanes of at least 4 members (excludes halogenated alkanes) is 3. The van der Waals surface area contributed by atoms with Crippen molar-refractivity contribution in [1.29, 1.82) is 0 Å². The Morgan fingerprint density at radius 3 is 2.46 bits per heavy atom. The molecular formula is C14H25NO9S2. The van der Waals surface area contributed by atoms with Crippen LogP contribution in [0.4, 0.5) is 0 Å². The summed E-state index contributed by atoms with van der Waals surface area (Å²) in [4.78, 5) is 0. The van der Waals surface area contributed by atoms with E-state index < -0.39 is 46.9 Å². The maximum absolute atomic E-state index is 10.7. The van der Waals surface area contributed by atoms with Gasteiger partial charge in [-0.05, 0) is 25.7 Å². The molecule has 0 aromatic heterocycles. The lowest BCUT2D eigenvalue weighted by Crippen LogP contribution is -2.57. The van der Waals surface area contributed by atoms with Gasteiger partial charge in [0.25, 0.3) is 0 Å². The third-order valence-corrected chi connectivity index (χ3v) is 5.07. The fourth-order valence-corrected chi connectivity index (χ4v) is 3.60. The van der Waals surface area contributed by atoms with E-state index in [1.165, 1.54) is 0 Å². The van der Waals surface area contributed by atoms with Crippen LogP contribution in [0, 0.1) is 0 Å². The number of hydrogen-bond acceptors (Lipinski definition) is 10. The van der Waals surface area contributed by atoms with E-state index in [0.29, 0.717) is 6.42 Å². The maximum Gasteiger partial charge on any atom is 0.466 e. The van der Waals surface area contributed by atoms with Crippen molar-refractivity contribution in [3.63, 3.8) is 0 Å². The third kappa shape index (κ3) is 7.88. The number of thioether (sulfide) groups is 1. The molecule has 12 heteroatoms. The van der Waals surface area contributed by atoms with Gasteiger partial charge in [0, 0.05) is 0 Å². The Kier molecular flexibility index (Phi) is 10.0. The Balaban J connectivity index is 2.77. The molecule has 1 fully saturated rings. The number of ether oxygens (including phenoxy) is 1. The van der Waals surface area contributed by atoms with Crippen molar-refractivity contribution in [3.8, 4) is 0 Å². The van der Waals surface area contributed by atoms with E-state index in [-0.39, 0.29) is 11.5 Å². The Bertz CT molecular complexity index is 567. The Hall–Kier alpha value is -0.730. The summed E-state index contributed by atoms with van der Waals surface area (Å²) in [5, 5.41) is 42.2. The quantitative estimate of drug-likeness (QED) is 0.0804. The van der Waals surface area contributed by atoms with Gasteiger partial charge in [0.15, 0.2) is 0 Å². The number of hydrogen-bond donors (Lipinski definition) is 5. The first-order valence-electron chi connectivity index (χ1n) is 8.00. The minimum absolute atomic E-state index is 0.102. The highest BCUT2D eigenvalue weighted by Gasteiger charge is 2.44. The summed E-state index contributed by atoms with van der Waals surface area (Å²) < 4.78 is 39.5. The molecule has 0 spiro atoms. The van der Waals surface area contributed by atoms with Crippen LogP contribution in [0.15, 0.2) is 17.8 Å². The summed E-state index contributed by atoms with van der Waals surface area (Å²) in [5.74, 6) is 0. The van der Waals surface area contributed by atoms with E-state index in [1.54, 1.807) is 6.08 Å². The van der Waals surface area contributed by atoms with Gasteiger partial charge in [-0.2, -0.15) is 8.42 Å². The topological polar surface area (TPSA) is 166 Å². The predicted molar refractivity (Wildman–Crippen MR) is 94.7 cm³/mol. The highest BCUT2D eigenvalue weighted by molar-refractivity contribution is 8.14. The molecule has 0 radical (unpaired) electrons. The zero-order valence-electron chi connectivity index (χ0n) is 14.0. The van der Waals surface area contributed by atoms with Crippen molar-refractivity contribution in [1.82, 2.24) is 0 Å². The summed E-state index contributed by atoms with van der Waals surface area (Å²) in [7, 11) is -4.79. The van der Waals surface area contributed by atoms with Gasteiger partial charge < -0.3 is 25.2 Å². The number of nitrogens with zero attached hydrogens (tertiary/aromatic N) is 1. The molecule has 5 atom stereocenters. The number of allylic oxidation sites excluding steroid dienone is 1. The largest absolute Gasteiger partial charge is 0.466 e. The zero-order chi connectivity index (χ0) is 19.7. The number of aliphatic hydroxyl groups is 4. The lowest BCUT2D eigenvalue weighted by molar-refractivity contribution is -0.205. The molecule has 0 saturated carbocycles. The van der Waals surface area contributed by atoms with E-state index in [9.17, 15) is 28.8 Å². The molecule has 1 heterocycles. The zero-order valence-corrected chi connectivity index (χ0v) is 15.7. The highest BCUT2D eigenvalue weighted by atomic mass is 32.3. The van der Waals surface area contributed by atoms with Crippen LogP contribution in [0.1, 0.15) is 32.1 Å². The van der Waals surface area contributed by atoms with Crippen molar-refractivity contribution >= 4 is 27.2 Å². The second-order valence-electron chi connectivity index (χ2n) is 5.69. The summed E-state index contributed by atoms with van der Waals surface area (Å²) in [5.41, 5.74) is -1.12. The summed E-state index contributed by atoms with van der Waals surface area (Å²) in [6, 6.07) is 0. The molecule has 0 aliphatic carbocycles. The predicted octanol–water partition coefficient (Wildman–Crippen LogP) is -0.211. The van der Waals surface area contributed by atoms with Gasteiger partial charge >= 0.3 is 10.4 Å². The first-order chi connectivity index (χ1) is 12.2. The molecule has 1 rings (SSSR count). The first kappa shape index (κ1) is 23.3. The molecule has 0 amide bonds. The average Bonchev–Trinajstić information content (AvgIpc) is 2.58. The van der Waals surface area contributed by atoms with Crippen LogP contribution in [0.25, 0.3) is 0 Å². The van der Waals surface area contributed by atoms with Gasteiger partial charge in [0.05, 0.1) is 6.61 Å². The second-order valence-corrected chi connectivity index (χ2v) is 7.87. The minimum Gasteiger partial charge on any atom is -0.394 e. The molecule has 1 aliphatic heterocycles. The number of rotatable bonds is 10. The summed E-state index contributed by atoms with van der Waals surface area (Å²) >= 11 is 0.778. The molecule has 0 bridgehead atoms. The van der Waals surface area contributed by atoms with E-state index in [4.69, 9.17) is 9.29 Å². The van der Waals surface area contributed by atoms with E-state index in [2.05, 4.69) is 16.0 Å². The van der Waals surface area contributed by atoms with Crippen molar-refractivity contribution in [2.75, 3.05) is 6.61 Å². The van der Waals surface area contributed by atoms with Gasteiger partial charge in [-0.15, -0.1) is 6.58 Å². The molecule has 26 heavy (non-hydrogen) atoms. The SMILES string of the molecule is C=CCCCCCC(=NOS(=O)(=O)O)SC1OC(CO)C(O)C(O)C1O. The van der Waals surface area contributed by atoms with Crippen molar-refractivity contribution in [2.24, 2.45) is 5.16 Å². The highest BCUT2D eigenvalue weighted by Crippen LogP contribution is 2.30. The Morgan fingerprint density at radius 2 is 1.88 bits per heavy atom. The normalized spacial score (nSPS) is 30.2. The van der Waals surface area contributed by atoms with Crippen molar-refractivity contribution in [3.05, 3.63) is 12.7 Å². The number of aliphatic hydroxyl groups excluding tert-OH is 4. The lowest BCUT2D eigenvalue weighted by atomic mass is 10.0. The van der Waals surface area contributed by atoms with E-state index >= 15 is 0 Å². The van der Waals surface area contributed by atoms with Crippen LogP contribution in [0.2, 0.25) is 0 Å². The molecule has 152 valence electrons. The lowest BCUT2D eigenvalue weighted by Gasteiger charge is -2.39. The van der Waals surface area contributed by atoms with Gasteiger partial charge in [-0.3, -0.25) is 4.55 Å². The molecule has 1 saturated heterocycles. The smallest absolute Gasteiger partial charge is 0.394 e. The second kappa shape index (κ2) is 11.2. The van der Waals surface area contributed by atoms with Crippen molar-refractivity contribution in [2.45, 2.75) is 62.0 Å².